The van der Waals surface area contributed by atoms with Crippen LogP contribution in [0.1, 0.15) is 75.0 Å². The molecule has 0 spiro atoms. The molecule has 3 rings (SSSR count). The molecule has 0 saturated carbocycles. The highest BCUT2D eigenvalue weighted by Gasteiger charge is 2.25. The summed E-state index contributed by atoms with van der Waals surface area (Å²) in [5.74, 6) is -1.21. The number of fused-ring (bicyclic) bond motifs is 1. The number of aromatic nitrogens is 1. The number of H-pyrrole nitrogens is 1. The summed E-state index contributed by atoms with van der Waals surface area (Å²) in [6.45, 7) is 3.30. The van der Waals surface area contributed by atoms with Crippen molar-refractivity contribution in [2.75, 3.05) is 32.7 Å². The first-order chi connectivity index (χ1) is 23.7. The molecule has 0 fully saturated rings. The van der Waals surface area contributed by atoms with Gasteiger partial charge < -0.3 is 53.7 Å². The van der Waals surface area contributed by atoms with Crippen LogP contribution in [0.3, 0.4) is 0 Å². The number of rotatable bonds is 23. The van der Waals surface area contributed by atoms with Crippen LogP contribution in [0, 0.1) is 0 Å². The number of carbonyl (C=O) groups excluding carboxylic acids is 3. The summed E-state index contributed by atoms with van der Waals surface area (Å²) in [7, 11) is 0. The number of guanidine groups is 1. The number of nitrogens with zero attached hydrogens (tertiary/aromatic N) is 1. The number of benzene rings is 2. The molecular weight excluding hydrogens is 626 g/mol. The second-order valence-corrected chi connectivity index (χ2v) is 12.1. The average molecular weight is 680 g/mol. The van der Waals surface area contributed by atoms with Gasteiger partial charge in [-0.3, -0.25) is 19.4 Å². The van der Waals surface area contributed by atoms with Gasteiger partial charge in [0.2, 0.25) is 17.7 Å². The first kappa shape index (κ1) is 38.6. The topological polar surface area (TPSA) is 246 Å². The van der Waals surface area contributed by atoms with E-state index in [0.29, 0.717) is 37.2 Å². The van der Waals surface area contributed by atoms with Crippen LogP contribution in [0.4, 0.5) is 0 Å². The number of para-hydroxylation sites is 1. The van der Waals surface area contributed by atoms with Gasteiger partial charge in [-0.05, 0) is 57.3 Å². The molecule has 268 valence electrons. The third-order valence-corrected chi connectivity index (χ3v) is 8.15. The van der Waals surface area contributed by atoms with E-state index in [-0.39, 0.29) is 35.7 Å². The summed E-state index contributed by atoms with van der Waals surface area (Å²) < 4.78 is 0. The molecule has 14 heteroatoms. The Hall–Kier alpha value is -4.82. The summed E-state index contributed by atoms with van der Waals surface area (Å²) in [6, 6.07) is 10.1. The molecule has 3 amide bonds. The van der Waals surface area contributed by atoms with Gasteiger partial charge in [-0.2, -0.15) is 0 Å². The van der Waals surface area contributed by atoms with E-state index < -0.39 is 18.0 Å². The van der Waals surface area contributed by atoms with Crippen LogP contribution in [0.15, 0.2) is 53.7 Å². The zero-order chi connectivity index (χ0) is 35.4. The molecule has 1 aromatic heterocycles. The normalized spacial score (nSPS) is 12.3. The SMILES string of the molecule is NC(N)=NCC[C@H](N)C(=O)NCCCCCNCCCCCCCNC(=O)[C@@H](NC(=O)Cc1ccc(O)cc1O)c1c[nH]c2ccccc12. The number of phenolic OH excluding ortho intramolecular Hbond substituents is 2. The van der Waals surface area contributed by atoms with Gasteiger partial charge in [0.1, 0.15) is 17.5 Å². The van der Waals surface area contributed by atoms with Gasteiger partial charge in [-0.25, -0.2) is 0 Å². The maximum atomic E-state index is 13.3. The fourth-order valence-corrected chi connectivity index (χ4v) is 5.41. The van der Waals surface area contributed by atoms with E-state index >= 15 is 0 Å². The molecule has 2 aromatic carbocycles. The molecule has 14 nitrogen and oxygen atoms in total. The lowest BCUT2D eigenvalue weighted by atomic mass is 10.0. The number of amides is 3. The van der Waals surface area contributed by atoms with E-state index in [1.54, 1.807) is 6.20 Å². The minimum Gasteiger partial charge on any atom is -0.508 e. The molecule has 49 heavy (non-hydrogen) atoms. The molecule has 1 heterocycles. The lowest BCUT2D eigenvalue weighted by molar-refractivity contribution is -0.128. The summed E-state index contributed by atoms with van der Waals surface area (Å²) >= 11 is 0. The first-order valence-electron chi connectivity index (χ1n) is 17.1. The minimum absolute atomic E-state index is 0.00850. The van der Waals surface area contributed by atoms with Crippen LogP contribution in [0.25, 0.3) is 10.9 Å². The molecular formula is C35H53N9O5. The summed E-state index contributed by atoms with van der Waals surface area (Å²) in [6.07, 6.45) is 9.96. The van der Waals surface area contributed by atoms with Crippen molar-refractivity contribution in [3.63, 3.8) is 0 Å². The van der Waals surface area contributed by atoms with Crippen molar-refractivity contribution < 1.29 is 24.6 Å². The van der Waals surface area contributed by atoms with Crippen molar-refractivity contribution >= 4 is 34.6 Å². The molecule has 0 bridgehead atoms. The molecule has 0 aliphatic rings. The monoisotopic (exact) mass is 679 g/mol. The number of phenols is 2. The van der Waals surface area contributed by atoms with E-state index in [0.717, 1.165) is 75.4 Å². The van der Waals surface area contributed by atoms with Gasteiger partial charge in [0.25, 0.3) is 0 Å². The molecule has 0 aliphatic carbocycles. The van der Waals surface area contributed by atoms with Gasteiger partial charge in [0.05, 0.1) is 12.5 Å². The molecule has 13 N–H and O–H groups in total. The Morgan fingerprint density at radius 1 is 0.816 bits per heavy atom. The van der Waals surface area contributed by atoms with Crippen molar-refractivity contribution in [1.29, 1.82) is 0 Å². The first-order valence-corrected chi connectivity index (χ1v) is 17.1. The molecule has 3 aromatic rings. The maximum Gasteiger partial charge on any atom is 0.247 e. The van der Waals surface area contributed by atoms with Crippen LogP contribution in [0.5, 0.6) is 11.5 Å². The summed E-state index contributed by atoms with van der Waals surface area (Å²) in [5, 5.41) is 32.6. The lowest BCUT2D eigenvalue weighted by Crippen LogP contribution is -2.41. The van der Waals surface area contributed by atoms with E-state index in [4.69, 9.17) is 17.2 Å². The fraction of sp³-hybridized carbons (Fsp3) is 0.486. The van der Waals surface area contributed by atoms with Gasteiger partial charge in [-0.1, -0.05) is 49.9 Å². The Labute approximate surface area is 287 Å². The van der Waals surface area contributed by atoms with E-state index in [9.17, 15) is 24.6 Å². The number of unbranched alkanes of at least 4 members (excludes halogenated alkanes) is 6. The molecule has 2 atom stereocenters. The third-order valence-electron chi connectivity index (χ3n) is 8.15. The lowest BCUT2D eigenvalue weighted by Gasteiger charge is -2.19. The highest BCUT2D eigenvalue weighted by atomic mass is 16.3. The van der Waals surface area contributed by atoms with Crippen molar-refractivity contribution in [1.82, 2.24) is 26.3 Å². The summed E-state index contributed by atoms with van der Waals surface area (Å²) in [5.41, 5.74) is 18.2. The van der Waals surface area contributed by atoms with Gasteiger partial charge in [-0.15, -0.1) is 0 Å². The predicted octanol–water partition coefficient (Wildman–Crippen LogP) is 1.91. The number of aromatic hydroxyl groups is 2. The van der Waals surface area contributed by atoms with Crippen LogP contribution in [-0.4, -0.2) is 77.6 Å². The van der Waals surface area contributed by atoms with E-state index in [1.807, 2.05) is 24.3 Å². The van der Waals surface area contributed by atoms with Crippen molar-refractivity contribution in [2.24, 2.45) is 22.2 Å². The number of aliphatic imine (C=N–C) groups is 1. The quantitative estimate of drug-likeness (QED) is 0.0399. The molecule has 0 radical (unpaired) electrons. The van der Waals surface area contributed by atoms with Crippen molar-refractivity contribution in [2.45, 2.75) is 76.3 Å². The number of hydrogen-bond donors (Lipinski definition) is 10. The summed E-state index contributed by atoms with van der Waals surface area (Å²) in [4.78, 5) is 45.3. The smallest absolute Gasteiger partial charge is 0.247 e. The van der Waals surface area contributed by atoms with Gasteiger partial charge >= 0.3 is 0 Å². The Morgan fingerprint density at radius 2 is 1.45 bits per heavy atom. The molecule has 0 saturated heterocycles. The Balaban J connectivity index is 1.27. The van der Waals surface area contributed by atoms with Gasteiger partial charge in [0.15, 0.2) is 5.96 Å². The standard InChI is InChI=1S/C35H53N9O5/c36-28(15-20-42-35(37)38)33(48)40-18-10-4-8-17-39-16-7-2-1-3-9-19-41-34(49)32(27-23-43-29-12-6-5-11-26(27)29)44-31(47)21-24-13-14-25(45)22-30(24)46/h5-6,11-14,22-23,28,32,39,43,45-46H,1-4,7-10,15-21,36H2,(H,40,48)(H,41,49)(H,44,47)(H4,37,38,42)/t28-,32-/m0/s1. The maximum absolute atomic E-state index is 13.3. The Kier molecular flexibility index (Phi) is 16.7. The third kappa shape index (κ3) is 14.1. The highest BCUT2D eigenvalue weighted by molar-refractivity contribution is 5.95. The number of aromatic amines is 1. The van der Waals surface area contributed by atoms with Crippen molar-refractivity contribution in [3.8, 4) is 11.5 Å². The van der Waals surface area contributed by atoms with Crippen LogP contribution in [-0.2, 0) is 20.8 Å². The predicted molar refractivity (Wildman–Crippen MR) is 192 cm³/mol. The second-order valence-electron chi connectivity index (χ2n) is 12.1. The molecule has 0 aliphatic heterocycles. The number of carbonyl (C=O) groups is 3. The van der Waals surface area contributed by atoms with Gasteiger partial charge in [0, 0.05) is 53.9 Å². The zero-order valence-electron chi connectivity index (χ0n) is 28.2. The number of nitrogens with two attached hydrogens (primary N) is 3. The van der Waals surface area contributed by atoms with Crippen molar-refractivity contribution in [3.05, 3.63) is 59.8 Å². The fourth-order valence-electron chi connectivity index (χ4n) is 5.41. The van der Waals surface area contributed by atoms with E-state index in [1.165, 1.54) is 18.2 Å². The Morgan fingerprint density at radius 3 is 2.14 bits per heavy atom. The second kappa shape index (κ2) is 21.2. The number of nitrogens with one attached hydrogen (secondary N) is 5. The van der Waals surface area contributed by atoms with Crippen LogP contribution >= 0.6 is 0 Å². The highest BCUT2D eigenvalue weighted by Crippen LogP contribution is 2.26. The largest absolute Gasteiger partial charge is 0.508 e. The number of hydrogen-bond acceptors (Lipinski definition) is 8. The minimum atomic E-state index is -0.918. The average Bonchev–Trinajstić information content (AvgIpc) is 3.50. The van der Waals surface area contributed by atoms with Crippen LogP contribution in [0.2, 0.25) is 0 Å². The zero-order valence-corrected chi connectivity index (χ0v) is 28.2. The van der Waals surface area contributed by atoms with E-state index in [2.05, 4.69) is 31.2 Å². The molecule has 0 unspecified atom stereocenters. The van der Waals surface area contributed by atoms with Crippen LogP contribution < -0.4 is 38.5 Å². The Bertz CT molecular complexity index is 1510.